The van der Waals surface area contributed by atoms with E-state index in [1.54, 1.807) is 29.2 Å². The molecule has 0 N–H and O–H groups in total. The maximum atomic E-state index is 14.8. The molecule has 8 nitrogen and oxygen atoms in total. The lowest BCUT2D eigenvalue weighted by molar-refractivity contribution is -0.121. The van der Waals surface area contributed by atoms with Crippen LogP contribution in [0, 0.1) is 0 Å². The number of halogens is 1. The molecular weight excluding hydrogens is 536 g/mol. The van der Waals surface area contributed by atoms with Gasteiger partial charge in [-0.25, -0.2) is 0 Å². The standard InChI is InChI=1S/C29H19ClN4O4S/c1-2-22-31-32-28(39-22)34-26(36)25-23(24(35)18-14-17(30)12-13-21(18)38-25)29(34)19-10-6-7-11-20(19)33(27(29)37)15-16-8-4-3-5-9-16/h3-14H,2,15H2,1H3. The minimum atomic E-state index is -1.82. The summed E-state index contributed by atoms with van der Waals surface area (Å²) in [6.07, 6.45) is 0.601. The van der Waals surface area contributed by atoms with Gasteiger partial charge in [-0.2, -0.15) is 0 Å². The van der Waals surface area contributed by atoms with Gasteiger partial charge < -0.3 is 9.32 Å². The van der Waals surface area contributed by atoms with E-state index >= 15 is 0 Å². The number of carbonyl (C=O) groups is 2. The minimum absolute atomic E-state index is 0.0384. The fourth-order valence-electron chi connectivity index (χ4n) is 5.54. The van der Waals surface area contributed by atoms with Crippen molar-refractivity contribution < 1.29 is 14.0 Å². The number of amides is 2. The molecule has 0 saturated heterocycles. The molecular formula is C29H19ClN4O4S. The summed E-state index contributed by atoms with van der Waals surface area (Å²) in [5, 5.41) is 9.94. The molecule has 4 heterocycles. The van der Waals surface area contributed by atoms with E-state index in [-0.39, 0.29) is 34.0 Å². The quantitative estimate of drug-likeness (QED) is 0.299. The first-order valence-corrected chi connectivity index (χ1v) is 13.5. The lowest BCUT2D eigenvalue weighted by Crippen LogP contribution is -2.53. The van der Waals surface area contributed by atoms with Crippen molar-refractivity contribution in [3.05, 3.63) is 116 Å². The van der Waals surface area contributed by atoms with Gasteiger partial charge >= 0.3 is 0 Å². The van der Waals surface area contributed by atoms with Gasteiger partial charge in [0.05, 0.1) is 23.2 Å². The second kappa shape index (κ2) is 8.59. The van der Waals surface area contributed by atoms with Crippen molar-refractivity contribution in [1.82, 2.24) is 10.2 Å². The van der Waals surface area contributed by atoms with Crippen LogP contribution in [0.15, 0.2) is 82.0 Å². The summed E-state index contributed by atoms with van der Waals surface area (Å²) in [5.74, 6) is -1.25. The van der Waals surface area contributed by atoms with Crippen LogP contribution in [0.3, 0.4) is 0 Å². The SMILES string of the molecule is CCc1nnc(N2C(=O)c3oc4ccc(Cl)cc4c(=O)c3C23C(=O)N(Cc2ccccc2)c2ccccc23)s1. The normalized spacial score (nSPS) is 17.9. The molecule has 7 rings (SSSR count). The van der Waals surface area contributed by atoms with E-state index in [0.717, 1.165) is 5.56 Å². The Balaban J connectivity index is 1.57. The van der Waals surface area contributed by atoms with Gasteiger partial charge in [-0.1, -0.05) is 78.4 Å². The highest BCUT2D eigenvalue weighted by atomic mass is 35.5. The Morgan fingerprint density at radius 2 is 1.74 bits per heavy atom. The molecule has 0 bridgehead atoms. The number of aromatic nitrogens is 2. The van der Waals surface area contributed by atoms with E-state index in [0.29, 0.717) is 27.7 Å². The molecule has 0 aliphatic carbocycles. The number of fused-ring (bicyclic) bond motifs is 5. The molecule has 2 aliphatic heterocycles. The van der Waals surface area contributed by atoms with Crippen molar-refractivity contribution in [1.29, 1.82) is 0 Å². The fourth-order valence-corrected chi connectivity index (χ4v) is 6.54. The van der Waals surface area contributed by atoms with Gasteiger partial charge in [0.2, 0.25) is 10.9 Å². The van der Waals surface area contributed by atoms with Gasteiger partial charge in [-0.15, -0.1) is 10.2 Å². The number of rotatable bonds is 4. The number of anilines is 2. The number of para-hydroxylation sites is 1. The molecule has 0 radical (unpaired) electrons. The average molecular weight is 555 g/mol. The largest absolute Gasteiger partial charge is 0.450 e. The third kappa shape index (κ3) is 3.20. The minimum Gasteiger partial charge on any atom is -0.450 e. The summed E-state index contributed by atoms with van der Waals surface area (Å²) in [6, 6.07) is 21.4. The summed E-state index contributed by atoms with van der Waals surface area (Å²) < 4.78 is 6.08. The lowest BCUT2D eigenvalue weighted by atomic mass is 9.84. The Bertz CT molecular complexity index is 1890. The Labute approximate surface area is 231 Å². The summed E-state index contributed by atoms with van der Waals surface area (Å²) in [6.45, 7) is 2.18. The Hall–Kier alpha value is -4.34. The van der Waals surface area contributed by atoms with Crippen LogP contribution in [0.4, 0.5) is 10.8 Å². The highest BCUT2D eigenvalue weighted by Crippen LogP contribution is 2.54. The Kier molecular flexibility index (Phi) is 5.23. The average Bonchev–Trinajstić information content (AvgIpc) is 3.59. The maximum absolute atomic E-state index is 14.8. The van der Waals surface area contributed by atoms with Crippen LogP contribution < -0.4 is 15.2 Å². The Morgan fingerprint density at radius 1 is 0.974 bits per heavy atom. The van der Waals surface area contributed by atoms with E-state index < -0.39 is 22.8 Å². The molecule has 1 atom stereocenters. The fraction of sp³-hybridized carbons (Fsp3) is 0.138. The van der Waals surface area contributed by atoms with Crippen molar-refractivity contribution in [3.8, 4) is 0 Å². The molecule has 10 heteroatoms. The molecule has 1 unspecified atom stereocenters. The van der Waals surface area contributed by atoms with Crippen LogP contribution in [0.5, 0.6) is 0 Å². The van der Waals surface area contributed by atoms with Crippen molar-refractivity contribution in [2.45, 2.75) is 25.4 Å². The van der Waals surface area contributed by atoms with Crippen LogP contribution in [-0.4, -0.2) is 22.0 Å². The topological polar surface area (TPSA) is 96.6 Å². The van der Waals surface area contributed by atoms with Crippen LogP contribution in [0.25, 0.3) is 11.0 Å². The van der Waals surface area contributed by atoms with Crippen LogP contribution in [0.1, 0.15) is 39.2 Å². The molecule has 2 aliphatic rings. The number of hydrogen-bond donors (Lipinski definition) is 0. The predicted octanol–water partition coefficient (Wildman–Crippen LogP) is 5.31. The first-order valence-electron chi connectivity index (χ1n) is 12.3. The molecule has 1 spiro atoms. The molecule has 2 aromatic heterocycles. The van der Waals surface area contributed by atoms with Crippen molar-refractivity contribution in [2.24, 2.45) is 0 Å². The van der Waals surface area contributed by atoms with Crippen molar-refractivity contribution in [3.63, 3.8) is 0 Å². The van der Waals surface area contributed by atoms with E-state index in [2.05, 4.69) is 10.2 Å². The highest BCUT2D eigenvalue weighted by molar-refractivity contribution is 7.15. The van der Waals surface area contributed by atoms with E-state index in [1.165, 1.54) is 22.3 Å². The Morgan fingerprint density at radius 3 is 2.51 bits per heavy atom. The molecule has 39 heavy (non-hydrogen) atoms. The summed E-state index contributed by atoms with van der Waals surface area (Å²) in [4.78, 5) is 46.1. The van der Waals surface area contributed by atoms with Crippen LogP contribution in [0.2, 0.25) is 5.02 Å². The van der Waals surface area contributed by atoms with Gasteiger partial charge in [0.15, 0.2) is 11.0 Å². The first kappa shape index (κ1) is 23.8. The zero-order chi connectivity index (χ0) is 26.9. The van der Waals surface area contributed by atoms with Gasteiger partial charge in [0.25, 0.3) is 11.8 Å². The second-order valence-corrected chi connectivity index (χ2v) is 10.8. The third-order valence-electron chi connectivity index (χ3n) is 7.22. The van der Waals surface area contributed by atoms with Gasteiger partial charge in [0, 0.05) is 10.6 Å². The number of hydrogen-bond acceptors (Lipinski definition) is 7. The number of carbonyl (C=O) groups excluding carboxylic acids is 2. The molecule has 2 amide bonds. The van der Waals surface area contributed by atoms with Gasteiger partial charge in [0.1, 0.15) is 10.6 Å². The van der Waals surface area contributed by atoms with Crippen LogP contribution >= 0.6 is 22.9 Å². The first-order chi connectivity index (χ1) is 18.9. The summed E-state index contributed by atoms with van der Waals surface area (Å²) in [5.41, 5.74) is -0.143. The van der Waals surface area contributed by atoms with Gasteiger partial charge in [-0.3, -0.25) is 19.3 Å². The third-order valence-corrected chi connectivity index (χ3v) is 8.51. The number of aryl methyl sites for hydroxylation is 1. The molecule has 0 fully saturated rings. The predicted molar refractivity (Wildman–Crippen MR) is 148 cm³/mol. The highest BCUT2D eigenvalue weighted by Gasteiger charge is 2.66. The number of nitrogens with zero attached hydrogens (tertiary/aromatic N) is 4. The number of benzene rings is 3. The van der Waals surface area contributed by atoms with Crippen LogP contribution in [-0.2, 0) is 23.3 Å². The van der Waals surface area contributed by atoms with E-state index in [9.17, 15) is 14.4 Å². The summed E-state index contributed by atoms with van der Waals surface area (Å²) in [7, 11) is 0. The van der Waals surface area contributed by atoms with E-state index in [1.807, 2.05) is 49.4 Å². The van der Waals surface area contributed by atoms with Crippen molar-refractivity contribution >= 4 is 56.5 Å². The summed E-state index contributed by atoms with van der Waals surface area (Å²) >= 11 is 7.45. The van der Waals surface area contributed by atoms with E-state index in [4.69, 9.17) is 16.0 Å². The smallest absolute Gasteiger partial charge is 0.297 e. The second-order valence-electron chi connectivity index (χ2n) is 9.35. The maximum Gasteiger partial charge on any atom is 0.297 e. The zero-order valence-electron chi connectivity index (χ0n) is 20.6. The molecule has 192 valence electrons. The zero-order valence-corrected chi connectivity index (χ0v) is 22.1. The van der Waals surface area contributed by atoms with Gasteiger partial charge in [-0.05, 0) is 36.2 Å². The van der Waals surface area contributed by atoms with Crippen molar-refractivity contribution in [2.75, 3.05) is 9.80 Å². The molecule has 3 aromatic carbocycles. The molecule has 5 aromatic rings. The monoisotopic (exact) mass is 554 g/mol. The molecule has 0 saturated carbocycles. The lowest BCUT2D eigenvalue weighted by Gasteiger charge is -2.32.